The number of phenols is 1. The van der Waals surface area contributed by atoms with Gasteiger partial charge in [-0.25, -0.2) is 0 Å². The Bertz CT molecular complexity index is 683. The highest BCUT2D eigenvalue weighted by Gasteiger charge is 2.37. The highest BCUT2D eigenvalue weighted by molar-refractivity contribution is 5.67. The summed E-state index contributed by atoms with van der Waals surface area (Å²) in [4.78, 5) is 0. The molecule has 1 aliphatic heterocycles. The van der Waals surface area contributed by atoms with Gasteiger partial charge in [-0.15, -0.1) is 0 Å². The van der Waals surface area contributed by atoms with Crippen LogP contribution in [-0.2, 0) is 0 Å². The zero-order valence-electron chi connectivity index (χ0n) is 15.5. The summed E-state index contributed by atoms with van der Waals surface area (Å²) < 4.78 is 6.30. The predicted octanol–water partition coefficient (Wildman–Crippen LogP) is 6.03. The molecule has 3 rings (SSSR count). The van der Waals surface area contributed by atoms with E-state index >= 15 is 0 Å². The Morgan fingerprint density at radius 2 is 2.04 bits per heavy atom. The molecule has 1 saturated carbocycles. The maximum Gasteiger partial charge on any atom is 0.131 e. The number of aryl methyl sites for hydroxylation is 1. The normalized spacial score (nSPS) is 28.3. The number of allylic oxidation sites excluding steroid dienone is 1. The van der Waals surface area contributed by atoms with Gasteiger partial charge in [-0.1, -0.05) is 26.0 Å². The molecule has 0 aromatic heterocycles. The fourth-order valence-electron chi connectivity index (χ4n) is 4.37. The molecule has 2 aliphatic rings. The van der Waals surface area contributed by atoms with Gasteiger partial charge in [0.15, 0.2) is 0 Å². The fourth-order valence-corrected chi connectivity index (χ4v) is 4.37. The number of benzene rings is 1. The van der Waals surface area contributed by atoms with Crippen molar-refractivity contribution in [2.45, 2.75) is 65.4 Å². The summed E-state index contributed by atoms with van der Waals surface area (Å²) >= 11 is 0. The third-order valence-electron chi connectivity index (χ3n) is 5.89. The van der Waals surface area contributed by atoms with Crippen LogP contribution >= 0.6 is 0 Å². The third-order valence-corrected chi connectivity index (χ3v) is 5.89. The van der Waals surface area contributed by atoms with Crippen molar-refractivity contribution in [2.24, 2.45) is 11.3 Å². The van der Waals surface area contributed by atoms with Crippen molar-refractivity contribution in [1.82, 2.24) is 0 Å². The van der Waals surface area contributed by atoms with E-state index in [1.54, 1.807) is 6.07 Å². The quantitative estimate of drug-likeness (QED) is 0.687. The molecular formula is C22H30O2. The average molecular weight is 326 g/mol. The van der Waals surface area contributed by atoms with Crippen LogP contribution in [0.4, 0.5) is 0 Å². The van der Waals surface area contributed by atoms with E-state index in [-0.39, 0.29) is 5.60 Å². The van der Waals surface area contributed by atoms with Gasteiger partial charge in [-0.2, -0.15) is 0 Å². The van der Waals surface area contributed by atoms with Crippen molar-refractivity contribution in [1.29, 1.82) is 0 Å². The van der Waals surface area contributed by atoms with Crippen LogP contribution in [0.5, 0.6) is 11.5 Å². The van der Waals surface area contributed by atoms with Crippen molar-refractivity contribution in [3.05, 3.63) is 41.5 Å². The summed E-state index contributed by atoms with van der Waals surface area (Å²) in [6.45, 7) is 13.2. The highest BCUT2D eigenvalue weighted by Crippen LogP contribution is 2.47. The summed E-state index contributed by atoms with van der Waals surface area (Å²) in [5.41, 5.74) is 3.23. The van der Waals surface area contributed by atoms with Crippen LogP contribution in [0.25, 0.3) is 6.08 Å². The second-order valence-electron chi connectivity index (χ2n) is 8.54. The molecule has 130 valence electrons. The lowest BCUT2D eigenvalue weighted by atomic mass is 9.64. The van der Waals surface area contributed by atoms with Crippen LogP contribution in [-0.4, -0.2) is 10.7 Å². The molecule has 1 fully saturated rings. The van der Waals surface area contributed by atoms with Crippen molar-refractivity contribution in [3.8, 4) is 11.5 Å². The van der Waals surface area contributed by atoms with E-state index in [9.17, 15) is 5.11 Å². The Morgan fingerprint density at radius 1 is 1.29 bits per heavy atom. The molecule has 2 nitrogen and oxygen atoms in total. The van der Waals surface area contributed by atoms with Gasteiger partial charge in [-0.05, 0) is 87.1 Å². The van der Waals surface area contributed by atoms with Crippen molar-refractivity contribution in [3.63, 3.8) is 0 Å². The van der Waals surface area contributed by atoms with Crippen LogP contribution in [0, 0.1) is 18.3 Å². The van der Waals surface area contributed by atoms with Crippen LogP contribution in [0.1, 0.15) is 64.0 Å². The Hall–Kier alpha value is -1.70. The second-order valence-corrected chi connectivity index (χ2v) is 8.54. The summed E-state index contributed by atoms with van der Waals surface area (Å²) in [6.07, 6.45) is 9.88. The molecular weight excluding hydrogens is 296 g/mol. The van der Waals surface area contributed by atoms with Crippen LogP contribution in [0.3, 0.4) is 0 Å². The molecule has 0 spiro atoms. The molecule has 1 aliphatic carbocycles. The largest absolute Gasteiger partial charge is 0.507 e. The highest BCUT2D eigenvalue weighted by atomic mass is 16.5. The molecule has 0 bridgehead atoms. The van der Waals surface area contributed by atoms with E-state index in [1.165, 1.54) is 18.4 Å². The zero-order chi connectivity index (χ0) is 17.5. The SMILES string of the molecule is C=C1CCCC(C)(C)C1CCC1(C)C=Cc2c(O)cc(C)cc2O1. The van der Waals surface area contributed by atoms with Gasteiger partial charge in [-0.3, -0.25) is 0 Å². The Labute approximate surface area is 146 Å². The molecule has 24 heavy (non-hydrogen) atoms. The average Bonchev–Trinajstić information content (AvgIpc) is 2.45. The zero-order valence-corrected chi connectivity index (χ0v) is 15.5. The van der Waals surface area contributed by atoms with Crippen LogP contribution in [0.2, 0.25) is 0 Å². The van der Waals surface area contributed by atoms with Gasteiger partial charge in [0, 0.05) is 0 Å². The maximum absolute atomic E-state index is 10.1. The second kappa shape index (κ2) is 5.98. The molecule has 1 N–H and O–H groups in total. The van der Waals surface area contributed by atoms with Gasteiger partial charge in [0.25, 0.3) is 0 Å². The van der Waals surface area contributed by atoms with E-state index in [0.717, 1.165) is 36.1 Å². The smallest absolute Gasteiger partial charge is 0.131 e. The minimum absolute atomic E-state index is 0.296. The first-order valence-corrected chi connectivity index (χ1v) is 9.10. The molecule has 2 unspecified atom stereocenters. The minimum atomic E-state index is -0.318. The number of hydrogen-bond donors (Lipinski definition) is 1. The van der Waals surface area contributed by atoms with Gasteiger partial charge in [0.1, 0.15) is 17.1 Å². The maximum atomic E-state index is 10.1. The first kappa shape index (κ1) is 17.1. The van der Waals surface area contributed by atoms with Crippen molar-refractivity contribution >= 4 is 6.08 Å². The number of rotatable bonds is 3. The van der Waals surface area contributed by atoms with E-state index in [1.807, 2.05) is 19.1 Å². The number of hydrogen-bond acceptors (Lipinski definition) is 2. The van der Waals surface area contributed by atoms with E-state index < -0.39 is 0 Å². The minimum Gasteiger partial charge on any atom is -0.507 e. The summed E-state index contributed by atoms with van der Waals surface area (Å²) in [7, 11) is 0. The number of phenolic OH excluding ortho intramolecular Hbond substituents is 1. The lowest BCUT2D eigenvalue weighted by molar-refractivity contribution is 0.0986. The standard InChI is InChI=1S/C22H30O2/c1-15-13-19(23)17-8-11-22(5,24-20(17)14-15)12-9-18-16(2)7-6-10-21(18,3)4/h8,11,13-14,18,23H,2,6-7,9-10,12H2,1,3-5H3. The number of fused-ring (bicyclic) bond motifs is 1. The van der Waals surface area contributed by atoms with Crippen molar-refractivity contribution in [2.75, 3.05) is 0 Å². The topological polar surface area (TPSA) is 29.5 Å². The van der Waals surface area contributed by atoms with Gasteiger partial charge >= 0.3 is 0 Å². The van der Waals surface area contributed by atoms with Gasteiger partial charge < -0.3 is 9.84 Å². The lowest BCUT2D eigenvalue weighted by Gasteiger charge is -2.42. The molecule has 0 amide bonds. The Kier molecular flexibility index (Phi) is 4.27. The van der Waals surface area contributed by atoms with E-state index in [4.69, 9.17) is 4.74 Å². The van der Waals surface area contributed by atoms with E-state index in [2.05, 4.69) is 33.4 Å². The molecule has 0 radical (unpaired) electrons. The monoisotopic (exact) mass is 326 g/mol. The predicted molar refractivity (Wildman–Crippen MR) is 100 cm³/mol. The van der Waals surface area contributed by atoms with Gasteiger partial charge in [0.2, 0.25) is 0 Å². The number of ether oxygens (including phenoxy) is 1. The van der Waals surface area contributed by atoms with Crippen LogP contribution < -0.4 is 4.74 Å². The summed E-state index contributed by atoms with van der Waals surface area (Å²) in [5, 5.41) is 10.1. The van der Waals surface area contributed by atoms with Crippen LogP contribution in [0.15, 0.2) is 30.4 Å². The first-order chi connectivity index (χ1) is 11.2. The Morgan fingerprint density at radius 3 is 2.75 bits per heavy atom. The lowest BCUT2D eigenvalue weighted by Crippen LogP contribution is -2.36. The Balaban J connectivity index is 1.75. The number of aromatic hydroxyl groups is 1. The van der Waals surface area contributed by atoms with Gasteiger partial charge in [0.05, 0.1) is 5.56 Å². The summed E-state index contributed by atoms with van der Waals surface area (Å²) in [5.74, 6) is 1.65. The fraction of sp³-hybridized carbons (Fsp3) is 0.545. The molecule has 1 heterocycles. The molecule has 0 saturated heterocycles. The summed E-state index contributed by atoms with van der Waals surface area (Å²) in [6, 6.07) is 3.80. The molecule has 2 atom stereocenters. The molecule has 1 aromatic carbocycles. The first-order valence-electron chi connectivity index (χ1n) is 9.10. The van der Waals surface area contributed by atoms with Crippen molar-refractivity contribution < 1.29 is 9.84 Å². The molecule has 1 aromatic rings. The molecule has 2 heteroatoms. The third kappa shape index (κ3) is 3.24. The van der Waals surface area contributed by atoms with E-state index in [0.29, 0.717) is 17.1 Å².